The summed E-state index contributed by atoms with van der Waals surface area (Å²) in [5.74, 6) is -3.05. The standard InChI is InChI=1S/C22H16F2N2O2S/c1-2-13-5-8-15(9-6-13)26-21(27)19(18-4-3-11-29-18)20(22(26)28)25-14-7-10-16(23)17(24)12-14/h3-12,25H,2H2,1H3. The van der Waals surface area contributed by atoms with E-state index < -0.39 is 23.4 Å². The first-order chi connectivity index (χ1) is 14.0. The Morgan fingerprint density at radius 1 is 0.966 bits per heavy atom. The third kappa shape index (κ3) is 3.45. The lowest BCUT2D eigenvalue weighted by Crippen LogP contribution is -2.32. The van der Waals surface area contributed by atoms with Crippen molar-refractivity contribution in [3.05, 3.63) is 87.7 Å². The van der Waals surface area contributed by atoms with Gasteiger partial charge < -0.3 is 5.32 Å². The number of anilines is 2. The predicted octanol–water partition coefficient (Wildman–Crippen LogP) is 4.99. The van der Waals surface area contributed by atoms with Gasteiger partial charge in [-0.05, 0) is 47.7 Å². The van der Waals surface area contributed by atoms with Crippen LogP contribution in [0.15, 0.2) is 65.7 Å². The zero-order valence-electron chi connectivity index (χ0n) is 15.4. The number of imide groups is 1. The van der Waals surface area contributed by atoms with E-state index in [1.54, 1.807) is 29.6 Å². The van der Waals surface area contributed by atoms with Crippen molar-refractivity contribution in [3.8, 4) is 0 Å². The number of halogens is 2. The maximum absolute atomic E-state index is 13.6. The summed E-state index contributed by atoms with van der Waals surface area (Å²) in [5.41, 5.74) is 1.95. The number of thiophene rings is 1. The van der Waals surface area contributed by atoms with E-state index >= 15 is 0 Å². The molecular weight excluding hydrogens is 394 g/mol. The molecule has 7 heteroatoms. The molecule has 0 bridgehead atoms. The van der Waals surface area contributed by atoms with Crippen molar-refractivity contribution in [2.24, 2.45) is 0 Å². The van der Waals surface area contributed by atoms with Crippen molar-refractivity contribution in [2.45, 2.75) is 13.3 Å². The van der Waals surface area contributed by atoms with Crippen LogP contribution in [0.25, 0.3) is 5.57 Å². The Balaban J connectivity index is 1.76. The van der Waals surface area contributed by atoms with Gasteiger partial charge in [-0.1, -0.05) is 25.1 Å². The lowest BCUT2D eigenvalue weighted by atomic mass is 10.1. The van der Waals surface area contributed by atoms with E-state index in [2.05, 4.69) is 5.32 Å². The van der Waals surface area contributed by atoms with Crippen molar-refractivity contribution in [1.82, 2.24) is 0 Å². The van der Waals surface area contributed by atoms with E-state index in [0.717, 1.165) is 29.0 Å². The molecule has 29 heavy (non-hydrogen) atoms. The first-order valence-corrected chi connectivity index (χ1v) is 9.85. The fraction of sp³-hybridized carbons (Fsp3) is 0.0909. The molecule has 2 aromatic carbocycles. The number of rotatable bonds is 5. The Morgan fingerprint density at radius 2 is 1.72 bits per heavy atom. The molecule has 2 heterocycles. The predicted molar refractivity (Wildman–Crippen MR) is 110 cm³/mol. The Bertz CT molecular complexity index is 1120. The molecule has 0 saturated heterocycles. The second-order valence-corrected chi connectivity index (χ2v) is 7.39. The molecule has 2 amide bonds. The van der Waals surface area contributed by atoms with Gasteiger partial charge in [-0.15, -0.1) is 11.3 Å². The van der Waals surface area contributed by atoms with Crippen LogP contribution in [0.3, 0.4) is 0 Å². The van der Waals surface area contributed by atoms with Crippen LogP contribution < -0.4 is 10.2 Å². The number of aryl methyl sites for hydroxylation is 1. The number of nitrogens with zero attached hydrogens (tertiary/aromatic N) is 1. The first kappa shape index (κ1) is 19.0. The van der Waals surface area contributed by atoms with Crippen LogP contribution in [-0.2, 0) is 16.0 Å². The molecule has 0 aliphatic carbocycles. The average molecular weight is 410 g/mol. The summed E-state index contributed by atoms with van der Waals surface area (Å²) >= 11 is 1.32. The highest BCUT2D eigenvalue weighted by atomic mass is 32.1. The van der Waals surface area contributed by atoms with Crippen LogP contribution in [0.2, 0.25) is 0 Å². The molecule has 0 fully saturated rings. The van der Waals surface area contributed by atoms with Gasteiger partial charge in [0.05, 0.1) is 11.3 Å². The van der Waals surface area contributed by atoms with Gasteiger partial charge in [0.25, 0.3) is 11.8 Å². The first-order valence-electron chi connectivity index (χ1n) is 8.97. The van der Waals surface area contributed by atoms with E-state index in [9.17, 15) is 18.4 Å². The Kier molecular flexibility index (Phi) is 4.98. The molecule has 1 aromatic heterocycles. The SMILES string of the molecule is CCc1ccc(N2C(=O)C(Nc3ccc(F)c(F)c3)=C(c3cccs3)C2=O)cc1. The lowest BCUT2D eigenvalue weighted by Gasteiger charge is -2.16. The van der Waals surface area contributed by atoms with Crippen molar-refractivity contribution in [1.29, 1.82) is 0 Å². The van der Waals surface area contributed by atoms with E-state index in [4.69, 9.17) is 0 Å². The van der Waals surface area contributed by atoms with E-state index in [-0.39, 0.29) is 17.0 Å². The maximum atomic E-state index is 13.6. The van der Waals surface area contributed by atoms with Gasteiger partial charge in [0.2, 0.25) is 0 Å². The number of hydrogen-bond acceptors (Lipinski definition) is 4. The quantitative estimate of drug-likeness (QED) is 0.603. The molecule has 4 nitrogen and oxygen atoms in total. The van der Waals surface area contributed by atoms with Crippen LogP contribution >= 0.6 is 11.3 Å². The molecule has 4 rings (SSSR count). The number of hydrogen-bond donors (Lipinski definition) is 1. The molecule has 0 saturated carbocycles. The zero-order chi connectivity index (χ0) is 20.5. The fourth-order valence-corrected chi connectivity index (χ4v) is 3.90. The molecule has 0 spiro atoms. The third-order valence-electron chi connectivity index (χ3n) is 4.64. The van der Waals surface area contributed by atoms with Gasteiger partial charge in [-0.3, -0.25) is 9.59 Å². The molecule has 0 unspecified atom stereocenters. The molecule has 3 aromatic rings. The average Bonchev–Trinajstić information content (AvgIpc) is 3.32. The van der Waals surface area contributed by atoms with E-state index in [1.165, 1.54) is 17.4 Å². The molecule has 146 valence electrons. The Labute approximate surface area is 170 Å². The summed E-state index contributed by atoms with van der Waals surface area (Å²) < 4.78 is 26.9. The highest BCUT2D eigenvalue weighted by Gasteiger charge is 2.40. The van der Waals surface area contributed by atoms with Crippen LogP contribution in [-0.4, -0.2) is 11.8 Å². The zero-order valence-corrected chi connectivity index (χ0v) is 16.2. The summed E-state index contributed by atoms with van der Waals surface area (Å²) in [6, 6.07) is 13.9. The fourth-order valence-electron chi connectivity index (χ4n) is 3.13. The van der Waals surface area contributed by atoms with Gasteiger partial charge in [-0.2, -0.15) is 0 Å². The van der Waals surface area contributed by atoms with Gasteiger partial charge >= 0.3 is 0 Å². The number of carbonyl (C=O) groups excluding carboxylic acids is 2. The van der Waals surface area contributed by atoms with Crippen molar-refractivity contribution >= 4 is 40.1 Å². The smallest absolute Gasteiger partial charge is 0.282 e. The minimum atomic E-state index is -1.04. The number of nitrogens with one attached hydrogen (secondary N) is 1. The highest BCUT2D eigenvalue weighted by molar-refractivity contribution is 7.11. The van der Waals surface area contributed by atoms with Gasteiger partial charge in [0.1, 0.15) is 5.70 Å². The van der Waals surface area contributed by atoms with Crippen molar-refractivity contribution < 1.29 is 18.4 Å². The second-order valence-electron chi connectivity index (χ2n) is 6.45. The number of amides is 2. The van der Waals surface area contributed by atoms with Crippen molar-refractivity contribution in [3.63, 3.8) is 0 Å². The number of benzene rings is 2. The van der Waals surface area contributed by atoms with Crippen LogP contribution in [0.1, 0.15) is 17.4 Å². The minimum Gasteiger partial charge on any atom is -0.350 e. The summed E-state index contributed by atoms with van der Waals surface area (Å²) in [6.45, 7) is 2.02. The number of carbonyl (C=O) groups is 2. The monoisotopic (exact) mass is 410 g/mol. The Hall–Kier alpha value is -3.32. The summed E-state index contributed by atoms with van der Waals surface area (Å²) in [5, 5.41) is 4.62. The molecular formula is C22H16F2N2O2S. The molecule has 1 aliphatic heterocycles. The molecule has 0 atom stereocenters. The molecule has 0 radical (unpaired) electrons. The second kappa shape index (κ2) is 7.60. The maximum Gasteiger partial charge on any atom is 0.282 e. The Morgan fingerprint density at radius 3 is 2.34 bits per heavy atom. The summed E-state index contributed by atoms with van der Waals surface area (Å²) in [6.07, 6.45) is 0.837. The van der Waals surface area contributed by atoms with E-state index in [1.807, 2.05) is 19.1 Å². The van der Waals surface area contributed by atoms with Gasteiger partial charge in [0, 0.05) is 16.6 Å². The van der Waals surface area contributed by atoms with Crippen LogP contribution in [0.4, 0.5) is 20.2 Å². The summed E-state index contributed by atoms with van der Waals surface area (Å²) in [7, 11) is 0. The lowest BCUT2D eigenvalue weighted by molar-refractivity contribution is -0.120. The minimum absolute atomic E-state index is 0.0306. The van der Waals surface area contributed by atoms with Gasteiger partial charge in [-0.25, -0.2) is 13.7 Å². The largest absolute Gasteiger partial charge is 0.350 e. The van der Waals surface area contributed by atoms with Crippen LogP contribution in [0.5, 0.6) is 0 Å². The van der Waals surface area contributed by atoms with Gasteiger partial charge in [0.15, 0.2) is 11.6 Å². The topological polar surface area (TPSA) is 49.4 Å². The van der Waals surface area contributed by atoms with Crippen LogP contribution in [0, 0.1) is 11.6 Å². The summed E-state index contributed by atoms with van der Waals surface area (Å²) in [4.78, 5) is 28.0. The molecule has 1 aliphatic rings. The highest BCUT2D eigenvalue weighted by Crippen LogP contribution is 2.35. The van der Waals surface area contributed by atoms with Crippen molar-refractivity contribution in [2.75, 3.05) is 10.2 Å². The molecule has 1 N–H and O–H groups in total. The normalized spacial score (nSPS) is 14.1. The third-order valence-corrected chi connectivity index (χ3v) is 5.53. The van der Waals surface area contributed by atoms with E-state index in [0.29, 0.717) is 10.6 Å².